The van der Waals surface area contributed by atoms with Crippen molar-refractivity contribution in [3.63, 3.8) is 0 Å². The molecule has 0 spiro atoms. The van der Waals surface area contributed by atoms with Crippen LogP contribution < -0.4 is 0 Å². The molecule has 12 heavy (non-hydrogen) atoms. The van der Waals surface area contributed by atoms with E-state index >= 15 is 0 Å². The lowest BCUT2D eigenvalue weighted by molar-refractivity contribution is 0.587. The molecule has 0 atom stereocenters. The van der Waals surface area contributed by atoms with Gasteiger partial charge >= 0.3 is 0 Å². The molecule has 0 amide bonds. The van der Waals surface area contributed by atoms with Crippen molar-refractivity contribution >= 4 is 22.6 Å². The number of hydrogen-bond donors (Lipinski definition) is 0. The summed E-state index contributed by atoms with van der Waals surface area (Å²) in [4.78, 5) is 0. The average molecular weight is 288 g/mol. The molecule has 0 N–H and O–H groups in total. The Balaban J connectivity index is 0. The molecule has 0 saturated carbocycles. The lowest BCUT2D eigenvalue weighted by Crippen LogP contribution is -1.80. The van der Waals surface area contributed by atoms with Crippen molar-refractivity contribution in [2.75, 3.05) is 4.43 Å². The van der Waals surface area contributed by atoms with E-state index in [9.17, 15) is 0 Å². The summed E-state index contributed by atoms with van der Waals surface area (Å²) in [5.74, 6) is 0. The van der Waals surface area contributed by atoms with Gasteiger partial charge in [-0.25, -0.2) is 0 Å². The van der Waals surface area contributed by atoms with Crippen LogP contribution in [-0.2, 0) is 0 Å². The van der Waals surface area contributed by atoms with E-state index in [1.54, 1.807) is 0 Å². The number of rotatable bonds is 8. The first kappa shape index (κ1) is 15.1. The third-order valence-electron chi connectivity index (χ3n) is 1.99. The van der Waals surface area contributed by atoms with Crippen LogP contribution in [0.5, 0.6) is 0 Å². The molecule has 0 saturated heterocycles. The predicted molar refractivity (Wildman–Crippen MR) is 64.0 cm³/mol. The Labute approximate surface area is 90.0 Å². The zero-order valence-electron chi connectivity index (χ0n) is 8.15. The monoisotopic (exact) mass is 288 g/mol. The number of unbranched alkanes of at least 4 members (excludes halogenated alkanes) is 7. The van der Waals surface area contributed by atoms with E-state index in [-0.39, 0.29) is 4.70 Å². The minimum absolute atomic E-state index is 0. The smallest absolute Gasteiger partial charge is 0.000473 e. The van der Waals surface area contributed by atoms with Crippen molar-refractivity contribution in [2.24, 2.45) is 0 Å². The molecule has 0 nitrogen and oxygen atoms in total. The van der Waals surface area contributed by atoms with E-state index < -0.39 is 0 Å². The summed E-state index contributed by atoms with van der Waals surface area (Å²) in [7, 11) is 0. The van der Waals surface area contributed by atoms with Gasteiger partial charge in [0, 0.05) is 0 Å². The first-order chi connectivity index (χ1) is 5.41. The molecule has 0 aromatic carbocycles. The third-order valence-corrected chi connectivity index (χ3v) is 2.75. The highest BCUT2D eigenvalue weighted by Crippen LogP contribution is 2.08. The summed E-state index contributed by atoms with van der Waals surface area (Å²) in [5, 5.41) is 0. The van der Waals surface area contributed by atoms with Gasteiger partial charge in [-0.1, -0.05) is 74.5 Å². The summed E-state index contributed by atoms with van der Waals surface area (Å²) in [6, 6.07) is 0. The van der Waals surface area contributed by atoms with E-state index in [2.05, 4.69) is 29.5 Å². The van der Waals surface area contributed by atoms with Crippen LogP contribution in [0, 0.1) is 0 Å². The highest BCUT2D eigenvalue weighted by atomic mass is 127. The van der Waals surface area contributed by atoms with Gasteiger partial charge in [-0.15, -0.1) is 0 Å². The van der Waals surface area contributed by atoms with E-state index in [1.807, 2.05) is 0 Å². The maximum Gasteiger partial charge on any atom is -0.000473 e. The highest BCUT2D eigenvalue weighted by molar-refractivity contribution is 14.1. The minimum Gasteiger partial charge on any atom is -0.269 e. The Kier molecular flexibility index (Phi) is 17.9. The first-order valence-electron chi connectivity index (χ1n) is 4.97. The maximum absolute atomic E-state index is 2.46. The minimum atomic E-state index is 0. The topological polar surface area (TPSA) is 0 Å². The summed E-state index contributed by atoms with van der Waals surface area (Å²) in [6.07, 6.45) is 11.5. The molecule has 0 aliphatic heterocycles. The fraction of sp³-hybridized carbons (Fsp3) is 1.00. The molecule has 0 unspecified atom stereocenters. The van der Waals surface area contributed by atoms with Gasteiger partial charge in [-0.3, -0.25) is 4.70 Å². The molecular formula is C10H22FI. The summed E-state index contributed by atoms with van der Waals surface area (Å²) >= 11 is 2.46. The fourth-order valence-corrected chi connectivity index (χ4v) is 1.77. The van der Waals surface area contributed by atoms with E-state index in [4.69, 9.17) is 0 Å². The zero-order chi connectivity index (χ0) is 8.36. The fourth-order valence-electron chi connectivity index (χ4n) is 1.23. The zero-order valence-corrected chi connectivity index (χ0v) is 10.3. The molecule has 2 heteroatoms. The Hall–Kier alpha value is 0.660. The third kappa shape index (κ3) is 13.3. The molecule has 0 aliphatic carbocycles. The first-order valence-corrected chi connectivity index (χ1v) is 6.50. The van der Waals surface area contributed by atoms with Crippen molar-refractivity contribution in [3.8, 4) is 0 Å². The van der Waals surface area contributed by atoms with Gasteiger partial charge in [-0.05, 0) is 10.8 Å². The van der Waals surface area contributed by atoms with Crippen molar-refractivity contribution in [2.45, 2.75) is 58.3 Å². The SMILES string of the molecule is CCCCCCCCCCI.F. The van der Waals surface area contributed by atoms with Crippen molar-refractivity contribution in [3.05, 3.63) is 0 Å². The Morgan fingerprint density at radius 1 is 0.750 bits per heavy atom. The second kappa shape index (κ2) is 14.2. The van der Waals surface area contributed by atoms with E-state index in [0.29, 0.717) is 0 Å². The largest absolute Gasteiger partial charge is 0.269 e. The van der Waals surface area contributed by atoms with E-state index in [0.717, 1.165) is 0 Å². The van der Waals surface area contributed by atoms with Crippen LogP contribution in [-0.4, -0.2) is 4.43 Å². The van der Waals surface area contributed by atoms with Crippen LogP contribution >= 0.6 is 22.6 Å². The van der Waals surface area contributed by atoms with Crippen LogP contribution in [0.1, 0.15) is 58.3 Å². The van der Waals surface area contributed by atoms with Crippen molar-refractivity contribution < 1.29 is 4.70 Å². The van der Waals surface area contributed by atoms with E-state index in [1.165, 1.54) is 55.8 Å². The van der Waals surface area contributed by atoms with Gasteiger partial charge < -0.3 is 0 Å². The lowest BCUT2D eigenvalue weighted by atomic mass is 10.1. The summed E-state index contributed by atoms with van der Waals surface area (Å²) in [6.45, 7) is 2.27. The van der Waals surface area contributed by atoms with Gasteiger partial charge in [0.2, 0.25) is 0 Å². The lowest BCUT2D eigenvalue weighted by Gasteiger charge is -1.98. The van der Waals surface area contributed by atoms with Crippen molar-refractivity contribution in [1.29, 1.82) is 0 Å². The van der Waals surface area contributed by atoms with Gasteiger partial charge in [0.1, 0.15) is 0 Å². The number of halogens is 2. The highest BCUT2D eigenvalue weighted by Gasteiger charge is 1.89. The van der Waals surface area contributed by atoms with Gasteiger partial charge in [0.15, 0.2) is 0 Å². The Morgan fingerprint density at radius 2 is 1.17 bits per heavy atom. The summed E-state index contributed by atoms with van der Waals surface area (Å²) in [5.41, 5.74) is 0. The summed E-state index contributed by atoms with van der Waals surface area (Å²) < 4.78 is 1.34. The second-order valence-electron chi connectivity index (χ2n) is 3.16. The average Bonchev–Trinajstić information content (AvgIpc) is 2.03. The molecule has 76 valence electrons. The molecular weight excluding hydrogens is 266 g/mol. The normalized spacial score (nSPS) is 9.50. The standard InChI is InChI=1S/C10H21I.FH/c1-2-3-4-5-6-7-8-9-10-11;/h2-10H2,1H3;1H. The van der Waals surface area contributed by atoms with Crippen LogP contribution in [0.3, 0.4) is 0 Å². The van der Waals surface area contributed by atoms with Crippen molar-refractivity contribution in [1.82, 2.24) is 0 Å². The second-order valence-corrected chi connectivity index (χ2v) is 4.24. The molecule has 0 bridgehead atoms. The molecule has 0 rings (SSSR count). The quantitative estimate of drug-likeness (QED) is 0.344. The van der Waals surface area contributed by atoms with Crippen LogP contribution in [0.2, 0.25) is 0 Å². The molecule has 0 radical (unpaired) electrons. The molecule has 0 aromatic heterocycles. The van der Waals surface area contributed by atoms with Crippen LogP contribution in [0.15, 0.2) is 0 Å². The van der Waals surface area contributed by atoms with Gasteiger partial charge in [0.05, 0.1) is 0 Å². The molecule has 0 heterocycles. The maximum atomic E-state index is 2.46. The van der Waals surface area contributed by atoms with Gasteiger partial charge in [0.25, 0.3) is 0 Å². The Morgan fingerprint density at radius 3 is 1.58 bits per heavy atom. The molecule has 0 aromatic rings. The predicted octanol–water partition coefficient (Wildman–Crippen LogP) is 4.71. The Bertz CT molecular complexity index is 58.9. The van der Waals surface area contributed by atoms with Crippen LogP contribution in [0.25, 0.3) is 0 Å². The number of alkyl halides is 1. The molecule has 0 aliphatic rings. The van der Waals surface area contributed by atoms with Gasteiger partial charge in [-0.2, -0.15) is 0 Å². The van der Waals surface area contributed by atoms with Crippen LogP contribution in [0.4, 0.5) is 4.70 Å². The number of hydrogen-bond acceptors (Lipinski definition) is 0. The molecule has 0 fully saturated rings.